The number of hydrogen-bond donors (Lipinski definition) is 0. The second kappa shape index (κ2) is 13.6. The number of benzene rings is 3. The molecular weight excluding hydrogens is 466 g/mol. The summed E-state index contributed by atoms with van der Waals surface area (Å²) in [5, 5.41) is 0. The zero-order chi connectivity index (χ0) is 26.8. The smallest absolute Gasteiger partial charge is 0.222 e. The molecule has 3 rings (SSSR count). The van der Waals surface area contributed by atoms with Crippen molar-refractivity contribution in [2.75, 3.05) is 27.9 Å². The molecule has 1 amide bonds. The highest BCUT2D eigenvalue weighted by molar-refractivity contribution is 5.75. The van der Waals surface area contributed by atoms with Gasteiger partial charge in [-0.15, -0.1) is 0 Å². The van der Waals surface area contributed by atoms with E-state index >= 15 is 0 Å². The quantitative estimate of drug-likeness (QED) is 0.267. The average Bonchev–Trinajstić information content (AvgIpc) is 2.92. The summed E-state index contributed by atoms with van der Waals surface area (Å²) in [5.41, 5.74) is 3.23. The van der Waals surface area contributed by atoms with Gasteiger partial charge in [-0.2, -0.15) is 0 Å². The molecule has 0 radical (unpaired) electrons. The lowest BCUT2D eigenvalue weighted by Crippen LogP contribution is -2.31. The van der Waals surface area contributed by atoms with Crippen LogP contribution in [0.2, 0.25) is 0 Å². The van der Waals surface area contributed by atoms with Gasteiger partial charge in [0.15, 0.2) is 11.5 Å². The molecule has 0 heterocycles. The van der Waals surface area contributed by atoms with Crippen LogP contribution in [0.4, 0.5) is 0 Å². The van der Waals surface area contributed by atoms with Crippen molar-refractivity contribution in [2.24, 2.45) is 0 Å². The minimum Gasteiger partial charge on any atom is -0.496 e. The van der Waals surface area contributed by atoms with E-state index in [-0.39, 0.29) is 17.9 Å². The van der Waals surface area contributed by atoms with Gasteiger partial charge in [-0.05, 0) is 61.7 Å². The summed E-state index contributed by atoms with van der Waals surface area (Å²) in [6.07, 6.45) is 1.29. The lowest BCUT2D eigenvalue weighted by molar-refractivity contribution is -0.131. The van der Waals surface area contributed by atoms with Crippen molar-refractivity contribution >= 4 is 5.91 Å². The average molecular weight is 506 g/mol. The molecule has 0 aliphatic heterocycles. The van der Waals surface area contributed by atoms with Crippen LogP contribution in [-0.4, -0.2) is 44.8 Å². The Balaban J connectivity index is 1.89. The summed E-state index contributed by atoms with van der Waals surface area (Å²) in [5.74, 6) is 3.15. The van der Waals surface area contributed by atoms with Gasteiger partial charge in [0.1, 0.15) is 11.5 Å². The normalized spacial score (nSPS) is 11.6. The number of carbonyl (C=O) groups excluding carboxylic acids is 1. The van der Waals surface area contributed by atoms with E-state index in [1.165, 1.54) is 0 Å². The van der Waals surface area contributed by atoms with Crippen LogP contribution in [0.5, 0.6) is 23.0 Å². The molecule has 0 N–H and O–H groups in total. The first-order chi connectivity index (χ1) is 17.9. The summed E-state index contributed by atoms with van der Waals surface area (Å²) in [6.45, 7) is 7.02. The van der Waals surface area contributed by atoms with Crippen molar-refractivity contribution < 1.29 is 23.7 Å². The number of ether oxygens (including phenoxy) is 4. The zero-order valence-corrected chi connectivity index (χ0v) is 22.8. The van der Waals surface area contributed by atoms with Gasteiger partial charge in [0.2, 0.25) is 5.91 Å². The molecule has 3 aromatic rings. The summed E-state index contributed by atoms with van der Waals surface area (Å²) < 4.78 is 22.4. The zero-order valence-electron chi connectivity index (χ0n) is 22.8. The van der Waals surface area contributed by atoms with Crippen LogP contribution in [0.15, 0.2) is 66.7 Å². The number of rotatable bonds is 13. The molecule has 0 spiro atoms. The molecule has 0 bridgehead atoms. The molecular formula is C31H39NO5. The molecule has 1 atom stereocenters. The summed E-state index contributed by atoms with van der Waals surface area (Å²) in [4.78, 5) is 14.9. The van der Waals surface area contributed by atoms with Crippen LogP contribution in [0.1, 0.15) is 56.2 Å². The van der Waals surface area contributed by atoms with Gasteiger partial charge in [0, 0.05) is 31.0 Å². The van der Waals surface area contributed by atoms with Crippen LogP contribution in [0.3, 0.4) is 0 Å². The number of methoxy groups -OCH3 is 3. The van der Waals surface area contributed by atoms with Gasteiger partial charge in [0.25, 0.3) is 0 Å². The van der Waals surface area contributed by atoms with Gasteiger partial charge >= 0.3 is 0 Å². The van der Waals surface area contributed by atoms with E-state index in [2.05, 4.69) is 18.2 Å². The number of amides is 1. The number of hydrogen-bond acceptors (Lipinski definition) is 5. The third kappa shape index (κ3) is 7.42. The molecule has 0 saturated carbocycles. The molecule has 0 aliphatic carbocycles. The maximum Gasteiger partial charge on any atom is 0.222 e. The highest BCUT2D eigenvalue weighted by atomic mass is 16.5. The van der Waals surface area contributed by atoms with E-state index in [4.69, 9.17) is 18.9 Å². The van der Waals surface area contributed by atoms with E-state index in [1.54, 1.807) is 21.3 Å². The molecule has 3 aromatic carbocycles. The lowest BCUT2D eigenvalue weighted by atomic mass is 9.87. The Kier molecular flexibility index (Phi) is 10.2. The predicted octanol–water partition coefficient (Wildman–Crippen LogP) is 6.46. The Labute approximate surface area is 221 Å². The topological polar surface area (TPSA) is 57.2 Å². The second-order valence-corrected chi connectivity index (χ2v) is 9.18. The Morgan fingerprint density at radius 3 is 2.14 bits per heavy atom. The first-order valence-electron chi connectivity index (χ1n) is 12.8. The second-order valence-electron chi connectivity index (χ2n) is 9.18. The molecule has 0 saturated heterocycles. The molecule has 198 valence electrons. The van der Waals surface area contributed by atoms with Crippen molar-refractivity contribution in [3.05, 3.63) is 83.4 Å². The fraction of sp³-hybridized carbons (Fsp3) is 0.387. The third-order valence-electron chi connectivity index (χ3n) is 6.33. The first-order valence-corrected chi connectivity index (χ1v) is 12.8. The van der Waals surface area contributed by atoms with E-state index in [0.717, 1.165) is 34.6 Å². The maximum absolute atomic E-state index is 13.0. The third-order valence-corrected chi connectivity index (χ3v) is 6.33. The Morgan fingerprint density at radius 2 is 1.51 bits per heavy atom. The molecule has 6 nitrogen and oxygen atoms in total. The number of para-hydroxylation sites is 1. The molecule has 37 heavy (non-hydrogen) atoms. The first kappa shape index (κ1) is 27.9. The van der Waals surface area contributed by atoms with Crippen molar-refractivity contribution in [3.63, 3.8) is 0 Å². The molecule has 6 heteroatoms. The minimum absolute atomic E-state index is 0.0433. The van der Waals surface area contributed by atoms with Gasteiger partial charge in [-0.25, -0.2) is 0 Å². The standard InChI is InChI=1S/C31H39NO5/c1-7-31(33)32(21-23-12-17-29(35-5)30(20-23)36-6)19-18-26(27-10-8-9-11-28(27)34-4)24-13-15-25(16-14-24)37-22(2)3/h8-17,20,22,26H,7,18-19,21H2,1-6H3/t26-/m0/s1. The van der Waals surface area contributed by atoms with Crippen LogP contribution >= 0.6 is 0 Å². The van der Waals surface area contributed by atoms with Gasteiger partial charge in [-0.1, -0.05) is 43.3 Å². The van der Waals surface area contributed by atoms with Crippen molar-refractivity contribution in [1.29, 1.82) is 0 Å². The Morgan fingerprint density at radius 1 is 0.838 bits per heavy atom. The molecule has 0 unspecified atom stereocenters. The van der Waals surface area contributed by atoms with Gasteiger partial charge in [0.05, 0.1) is 27.4 Å². The SMILES string of the molecule is CCC(=O)N(CC[C@@H](c1ccc(OC(C)C)cc1)c1ccccc1OC)Cc1ccc(OC)c(OC)c1. The largest absolute Gasteiger partial charge is 0.496 e. The van der Waals surface area contributed by atoms with E-state index < -0.39 is 0 Å². The van der Waals surface area contributed by atoms with Crippen LogP contribution < -0.4 is 18.9 Å². The molecule has 0 fully saturated rings. The fourth-order valence-electron chi connectivity index (χ4n) is 4.51. The van der Waals surface area contributed by atoms with Gasteiger partial charge < -0.3 is 23.8 Å². The maximum atomic E-state index is 13.0. The van der Waals surface area contributed by atoms with Crippen LogP contribution in [0.25, 0.3) is 0 Å². The monoisotopic (exact) mass is 505 g/mol. The lowest BCUT2D eigenvalue weighted by Gasteiger charge is -2.27. The van der Waals surface area contributed by atoms with Gasteiger partial charge in [-0.3, -0.25) is 4.79 Å². The highest BCUT2D eigenvalue weighted by Gasteiger charge is 2.22. The summed E-state index contributed by atoms with van der Waals surface area (Å²) in [6, 6.07) is 22.1. The van der Waals surface area contributed by atoms with Crippen molar-refractivity contribution in [1.82, 2.24) is 4.90 Å². The summed E-state index contributed by atoms with van der Waals surface area (Å²) >= 11 is 0. The van der Waals surface area contributed by atoms with Crippen LogP contribution in [0, 0.1) is 0 Å². The van der Waals surface area contributed by atoms with E-state index in [9.17, 15) is 4.79 Å². The Hall–Kier alpha value is -3.67. The highest BCUT2D eigenvalue weighted by Crippen LogP contribution is 2.36. The van der Waals surface area contributed by atoms with Crippen LogP contribution in [-0.2, 0) is 11.3 Å². The van der Waals surface area contributed by atoms with E-state index in [0.29, 0.717) is 31.0 Å². The number of nitrogens with zero attached hydrogens (tertiary/aromatic N) is 1. The number of carbonyl (C=O) groups is 1. The fourth-order valence-corrected chi connectivity index (χ4v) is 4.51. The van der Waals surface area contributed by atoms with E-state index in [1.807, 2.05) is 74.2 Å². The van der Waals surface area contributed by atoms with Crippen molar-refractivity contribution in [3.8, 4) is 23.0 Å². The molecule has 0 aliphatic rings. The predicted molar refractivity (Wildman–Crippen MR) is 147 cm³/mol. The minimum atomic E-state index is 0.0433. The van der Waals surface area contributed by atoms with Crippen molar-refractivity contribution in [2.45, 2.75) is 52.2 Å². The molecule has 0 aromatic heterocycles. The summed E-state index contributed by atoms with van der Waals surface area (Å²) in [7, 11) is 4.93. The Bertz CT molecular complexity index is 1140.